The Morgan fingerprint density at radius 1 is 1.38 bits per heavy atom. The average molecular weight is 251 g/mol. The minimum atomic E-state index is 0.139. The fraction of sp³-hybridized carbons (Fsp3) is 0.273. The summed E-state index contributed by atoms with van der Waals surface area (Å²) in [5, 5.41) is 7.80. The van der Waals surface area contributed by atoms with Gasteiger partial charge in [0.05, 0.1) is 0 Å². The van der Waals surface area contributed by atoms with Gasteiger partial charge in [0, 0.05) is 10.9 Å². The van der Waals surface area contributed by atoms with Gasteiger partial charge in [-0.15, -0.1) is 10.2 Å². The van der Waals surface area contributed by atoms with Gasteiger partial charge < -0.3 is 5.73 Å². The maximum absolute atomic E-state index is 5.95. The highest BCUT2D eigenvalue weighted by Crippen LogP contribution is 2.29. The normalized spacial score (nSPS) is 12.6. The van der Waals surface area contributed by atoms with Crippen molar-refractivity contribution in [2.24, 2.45) is 5.73 Å². The number of nitrogens with two attached hydrogens (primary N) is 1. The molecule has 0 amide bonds. The van der Waals surface area contributed by atoms with E-state index in [-0.39, 0.29) is 6.04 Å². The van der Waals surface area contributed by atoms with Crippen LogP contribution in [0.3, 0.4) is 0 Å². The molecule has 0 radical (unpaired) electrons. The minimum absolute atomic E-state index is 0.139. The molecule has 1 atom stereocenters. The Kier molecular flexibility index (Phi) is 3.93. The quantitative estimate of drug-likeness (QED) is 0.907. The molecule has 1 heterocycles. The van der Waals surface area contributed by atoms with Crippen LogP contribution in [0.4, 0.5) is 0 Å². The monoisotopic (exact) mass is 251 g/mol. The largest absolute Gasteiger partial charge is 0.324 e. The van der Waals surface area contributed by atoms with Gasteiger partial charge in [-0.1, -0.05) is 42.2 Å². The van der Waals surface area contributed by atoms with Gasteiger partial charge in [0.25, 0.3) is 0 Å². The van der Waals surface area contributed by atoms with Crippen LogP contribution >= 0.6 is 23.1 Å². The van der Waals surface area contributed by atoms with Crippen molar-refractivity contribution in [2.75, 3.05) is 0 Å². The van der Waals surface area contributed by atoms with Crippen molar-refractivity contribution >= 4 is 23.1 Å². The number of nitrogens with zero attached hydrogens (tertiary/aromatic N) is 2. The van der Waals surface area contributed by atoms with Crippen LogP contribution in [-0.4, -0.2) is 10.2 Å². The van der Waals surface area contributed by atoms with Crippen LogP contribution in [0.5, 0.6) is 0 Å². The van der Waals surface area contributed by atoms with E-state index in [0.717, 1.165) is 10.8 Å². The van der Waals surface area contributed by atoms with Gasteiger partial charge in [-0.3, -0.25) is 0 Å². The van der Waals surface area contributed by atoms with Gasteiger partial charge >= 0.3 is 0 Å². The molecular weight excluding hydrogens is 238 g/mol. The van der Waals surface area contributed by atoms with E-state index in [4.69, 9.17) is 5.73 Å². The first-order valence-electron chi connectivity index (χ1n) is 5.09. The smallest absolute Gasteiger partial charge is 0.178 e. The Morgan fingerprint density at radius 3 is 2.69 bits per heavy atom. The first-order chi connectivity index (χ1) is 7.79. The zero-order chi connectivity index (χ0) is 11.4. The van der Waals surface area contributed by atoms with Crippen LogP contribution in [0, 0.1) is 0 Å². The van der Waals surface area contributed by atoms with E-state index >= 15 is 0 Å². The van der Waals surface area contributed by atoms with Crippen LogP contribution in [-0.2, 0) is 0 Å². The standard InChI is InChI=1S/C11H13N3S2/c1-2-10(12)8-3-5-9(6-4-8)16-11-14-13-7-15-11/h3-7,10H,2,12H2,1H3/t10-/m0/s1. The van der Waals surface area contributed by atoms with Gasteiger partial charge in [-0.05, 0) is 24.1 Å². The highest BCUT2D eigenvalue weighted by atomic mass is 32.2. The summed E-state index contributed by atoms with van der Waals surface area (Å²) in [6.45, 7) is 2.09. The summed E-state index contributed by atoms with van der Waals surface area (Å²) in [6, 6.07) is 8.46. The summed E-state index contributed by atoms with van der Waals surface area (Å²) in [7, 11) is 0. The van der Waals surface area contributed by atoms with Gasteiger partial charge in [0.2, 0.25) is 0 Å². The van der Waals surface area contributed by atoms with Crippen molar-refractivity contribution in [3.8, 4) is 0 Å². The lowest BCUT2D eigenvalue weighted by molar-refractivity contribution is 0.698. The van der Waals surface area contributed by atoms with E-state index in [1.807, 2.05) is 0 Å². The summed E-state index contributed by atoms with van der Waals surface area (Å²) < 4.78 is 0.965. The molecule has 84 valence electrons. The molecule has 2 N–H and O–H groups in total. The highest BCUT2D eigenvalue weighted by molar-refractivity contribution is 8.01. The number of aromatic nitrogens is 2. The lowest BCUT2D eigenvalue weighted by atomic mass is 10.1. The van der Waals surface area contributed by atoms with E-state index in [2.05, 4.69) is 41.4 Å². The number of rotatable bonds is 4. The second kappa shape index (κ2) is 5.43. The average Bonchev–Trinajstić information content (AvgIpc) is 2.82. The predicted molar refractivity (Wildman–Crippen MR) is 67.7 cm³/mol. The maximum atomic E-state index is 5.95. The van der Waals surface area contributed by atoms with E-state index in [9.17, 15) is 0 Å². The number of benzene rings is 1. The Labute approximate surface area is 103 Å². The molecule has 0 aliphatic carbocycles. The molecule has 0 saturated heterocycles. The van der Waals surface area contributed by atoms with E-state index < -0.39 is 0 Å². The fourth-order valence-corrected chi connectivity index (χ4v) is 2.78. The SMILES string of the molecule is CC[C@H](N)c1ccc(Sc2nncs2)cc1. The lowest BCUT2D eigenvalue weighted by Crippen LogP contribution is -2.07. The summed E-state index contributed by atoms with van der Waals surface area (Å²) in [5.74, 6) is 0. The van der Waals surface area contributed by atoms with Gasteiger partial charge in [-0.25, -0.2) is 0 Å². The van der Waals surface area contributed by atoms with E-state index in [0.29, 0.717) is 0 Å². The van der Waals surface area contributed by atoms with Crippen LogP contribution in [0.2, 0.25) is 0 Å². The molecule has 0 aliphatic rings. The Hall–Kier alpha value is -0.910. The Bertz CT molecular complexity index is 425. The molecule has 2 aromatic rings. The minimum Gasteiger partial charge on any atom is -0.324 e. The first-order valence-corrected chi connectivity index (χ1v) is 6.78. The third kappa shape index (κ3) is 2.81. The van der Waals surface area contributed by atoms with Crippen molar-refractivity contribution in [3.05, 3.63) is 35.3 Å². The van der Waals surface area contributed by atoms with Crippen molar-refractivity contribution in [2.45, 2.75) is 28.6 Å². The second-order valence-electron chi connectivity index (χ2n) is 3.39. The molecule has 3 nitrogen and oxygen atoms in total. The highest BCUT2D eigenvalue weighted by Gasteiger charge is 2.04. The second-order valence-corrected chi connectivity index (χ2v) is 5.54. The topological polar surface area (TPSA) is 51.8 Å². The van der Waals surface area contributed by atoms with Crippen LogP contribution in [0.1, 0.15) is 24.9 Å². The Morgan fingerprint density at radius 2 is 2.12 bits per heavy atom. The van der Waals surface area contributed by atoms with E-state index in [1.165, 1.54) is 10.5 Å². The summed E-state index contributed by atoms with van der Waals surface area (Å²) >= 11 is 3.18. The molecule has 0 aliphatic heterocycles. The third-order valence-corrected chi connectivity index (χ3v) is 4.08. The lowest BCUT2D eigenvalue weighted by Gasteiger charge is -2.09. The van der Waals surface area contributed by atoms with Crippen molar-refractivity contribution in [1.29, 1.82) is 0 Å². The molecular formula is C11H13N3S2. The molecule has 5 heteroatoms. The number of hydrogen-bond donors (Lipinski definition) is 1. The molecule has 0 saturated carbocycles. The molecule has 0 spiro atoms. The molecule has 1 aromatic carbocycles. The fourth-order valence-electron chi connectivity index (χ4n) is 1.33. The number of hydrogen-bond acceptors (Lipinski definition) is 5. The van der Waals surface area contributed by atoms with Crippen molar-refractivity contribution in [1.82, 2.24) is 10.2 Å². The van der Waals surface area contributed by atoms with E-state index in [1.54, 1.807) is 28.6 Å². The van der Waals surface area contributed by atoms with Crippen molar-refractivity contribution in [3.63, 3.8) is 0 Å². The predicted octanol–water partition coefficient (Wildman–Crippen LogP) is 3.10. The van der Waals surface area contributed by atoms with Crippen LogP contribution < -0.4 is 5.73 Å². The summed E-state index contributed by atoms with van der Waals surface area (Å²) in [6.07, 6.45) is 0.961. The third-order valence-electron chi connectivity index (χ3n) is 2.29. The zero-order valence-electron chi connectivity index (χ0n) is 8.96. The van der Waals surface area contributed by atoms with Gasteiger partial charge in [0.15, 0.2) is 4.34 Å². The van der Waals surface area contributed by atoms with Crippen LogP contribution in [0.15, 0.2) is 39.0 Å². The maximum Gasteiger partial charge on any atom is 0.178 e. The molecule has 0 unspecified atom stereocenters. The Balaban J connectivity index is 2.07. The zero-order valence-corrected chi connectivity index (χ0v) is 10.6. The summed E-state index contributed by atoms with van der Waals surface area (Å²) in [5.41, 5.74) is 8.88. The molecule has 16 heavy (non-hydrogen) atoms. The van der Waals surface area contributed by atoms with Crippen molar-refractivity contribution < 1.29 is 0 Å². The molecule has 0 bridgehead atoms. The molecule has 0 fully saturated rings. The first kappa shape index (κ1) is 11.6. The van der Waals surface area contributed by atoms with Gasteiger partial charge in [-0.2, -0.15) is 0 Å². The molecule has 2 rings (SSSR count). The van der Waals surface area contributed by atoms with Gasteiger partial charge in [0.1, 0.15) is 5.51 Å². The molecule has 1 aromatic heterocycles. The van der Waals surface area contributed by atoms with Crippen LogP contribution in [0.25, 0.3) is 0 Å². The summed E-state index contributed by atoms with van der Waals surface area (Å²) in [4.78, 5) is 1.17.